The number of halogens is 3. The minimum absolute atomic E-state index is 0.00115. The van der Waals surface area contributed by atoms with Gasteiger partial charge in [0.05, 0.1) is 17.6 Å². The molecule has 4 N–H and O–H groups in total. The third-order valence-electron chi connectivity index (χ3n) is 6.59. The zero-order chi connectivity index (χ0) is 32.4. The summed E-state index contributed by atoms with van der Waals surface area (Å²) in [6, 6.07) is 2.27. The first-order valence-electron chi connectivity index (χ1n) is 13.4. The first kappa shape index (κ1) is 32.0. The number of carbonyl (C=O) groups is 4. The normalized spacial score (nSPS) is 17.1. The Labute approximate surface area is 248 Å². The summed E-state index contributed by atoms with van der Waals surface area (Å²) in [4.78, 5) is 57.1. The fraction of sp³-hybridized carbons (Fsp3) is 0.444. The van der Waals surface area contributed by atoms with Crippen molar-refractivity contribution < 1.29 is 46.6 Å². The van der Waals surface area contributed by atoms with Crippen molar-refractivity contribution in [2.24, 2.45) is 11.7 Å². The minimum atomic E-state index is -4.77. The predicted molar refractivity (Wildman–Crippen MR) is 147 cm³/mol. The summed E-state index contributed by atoms with van der Waals surface area (Å²) < 4.78 is 51.9. The minimum Gasteiger partial charge on any atom is -0.481 e. The molecule has 1 aliphatic carbocycles. The van der Waals surface area contributed by atoms with E-state index < -0.39 is 53.9 Å². The summed E-state index contributed by atoms with van der Waals surface area (Å²) in [5.41, 5.74) is 4.02. The fourth-order valence-corrected chi connectivity index (χ4v) is 4.57. The van der Waals surface area contributed by atoms with Gasteiger partial charge in [-0.1, -0.05) is 0 Å². The number of carboxylic acids is 1. The highest BCUT2D eigenvalue weighted by atomic mass is 19.4. The number of carbonyl (C=O) groups excluding carboxylic acids is 3. The molecule has 3 heterocycles. The number of primary amides is 1. The highest BCUT2D eigenvalue weighted by Gasteiger charge is 2.37. The number of anilines is 2. The van der Waals surface area contributed by atoms with Gasteiger partial charge >= 0.3 is 18.2 Å². The Balaban J connectivity index is 1.53. The molecule has 3 amide bonds. The van der Waals surface area contributed by atoms with E-state index >= 15 is 0 Å². The number of ether oxygens (including phenoxy) is 1. The van der Waals surface area contributed by atoms with E-state index in [9.17, 15) is 37.5 Å². The van der Waals surface area contributed by atoms with Gasteiger partial charge in [0.15, 0.2) is 11.4 Å². The summed E-state index contributed by atoms with van der Waals surface area (Å²) >= 11 is 0. The van der Waals surface area contributed by atoms with Crippen molar-refractivity contribution in [2.75, 3.05) is 16.8 Å². The molecule has 17 heteroatoms. The predicted octanol–water partition coefficient (Wildman–Crippen LogP) is 4.40. The van der Waals surface area contributed by atoms with Gasteiger partial charge < -0.3 is 25.3 Å². The van der Waals surface area contributed by atoms with Crippen molar-refractivity contribution >= 4 is 35.4 Å². The van der Waals surface area contributed by atoms with Gasteiger partial charge in [0.25, 0.3) is 11.8 Å². The molecule has 1 saturated carbocycles. The van der Waals surface area contributed by atoms with Crippen LogP contribution in [-0.2, 0) is 9.53 Å². The van der Waals surface area contributed by atoms with Crippen LogP contribution in [-0.4, -0.2) is 67.1 Å². The molecule has 1 aliphatic rings. The lowest BCUT2D eigenvalue weighted by atomic mass is 9.86. The number of aliphatic carboxylic acids is 1. The number of carboxylic acid groups (broad SMARTS) is 1. The number of pyridine rings is 1. The van der Waals surface area contributed by atoms with E-state index in [2.05, 4.69) is 20.4 Å². The average Bonchev–Trinajstić information content (AvgIpc) is 3.59. The van der Waals surface area contributed by atoms with Gasteiger partial charge in [-0.2, -0.15) is 18.3 Å². The standard InChI is InChI=1S/C27H30F3N7O7/c1-26(2,3)44-25(42)36(13-27(28,29)30)19-10-15(8-9-32-19)23-34-18(12-43-23)22(39)33-17-11-37(35-20(17)21(31)38)16-6-4-14(5-7-16)24(40)41/h8-12,14,16H,4-7,13H2,1-3H3,(H2,31,38)(H,33,39)(H,40,41). The van der Waals surface area contributed by atoms with Crippen LogP contribution in [0, 0.1) is 5.92 Å². The second kappa shape index (κ2) is 12.3. The second-order valence-electron chi connectivity index (χ2n) is 11.2. The summed E-state index contributed by atoms with van der Waals surface area (Å²) in [6.45, 7) is 2.84. The van der Waals surface area contributed by atoms with Crippen molar-refractivity contribution in [3.8, 4) is 11.5 Å². The maximum absolute atomic E-state index is 13.3. The number of aromatic nitrogens is 4. The number of rotatable bonds is 8. The lowest BCUT2D eigenvalue weighted by Crippen LogP contribution is -2.42. The SMILES string of the molecule is CC(C)(C)OC(=O)N(CC(F)(F)F)c1cc(-c2nc(C(=O)Nc3cn(C4CCC(C(=O)O)CC4)nc3C(N)=O)co2)ccn1. The number of nitrogens with one attached hydrogen (secondary N) is 1. The summed E-state index contributed by atoms with van der Waals surface area (Å²) in [5.74, 6) is -3.61. The molecule has 44 heavy (non-hydrogen) atoms. The Kier molecular flexibility index (Phi) is 8.96. The van der Waals surface area contributed by atoms with Gasteiger partial charge in [0.2, 0.25) is 5.89 Å². The molecule has 0 radical (unpaired) electrons. The van der Waals surface area contributed by atoms with Crippen LogP contribution in [0.5, 0.6) is 0 Å². The molecular formula is C27H30F3N7O7. The van der Waals surface area contributed by atoms with Gasteiger partial charge in [-0.05, 0) is 58.6 Å². The first-order chi connectivity index (χ1) is 20.5. The summed E-state index contributed by atoms with van der Waals surface area (Å²) in [7, 11) is 0. The van der Waals surface area contributed by atoms with Crippen LogP contribution >= 0.6 is 0 Å². The zero-order valence-electron chi connectivity index (χ0n) is 23.9. The number of hydrogen-bond donors (Lipinski definition) is 3. The smallest absolute Gasteiger partial charge is 0.416 e. The quantitative estimate of drug-likeness (QED) is 0.324. The van der Waals surface area contributed by atoms with Crippen molar-refractivity contribution in [1.82, 2.24) is 19.7 Å². The lowest BCUT2D eigenvalue weighted by molar-refractivity contribution is -0.143. The van der Waals surface area contributed by atoms with E-state index in [4.69, 9.17) is 14.9 Å². The van der Waals surface area contributed by atoms with E-state index in [0.29, 0.717) is 30.6 Å². The highest BCUT2D eigenvalue weighted by molar-refractivity contribution is 6.07. The number of hydrogen-bond acceptors (Lipinski definition) is 9. The Morgan fingerprint density at radius 3 is 2.45 bits per heavy atom. The van der Waals surface area contributed by atoms with Crippen LogP contribution in [0.4, 0.5) is 29.5 Å². The molecule has 0 atom stereocenters. The first-order valence-corrected chi connectivity index (χ1v) is 13.4. The van der Waals surface area contributed by atoms with Crippen LogP contribution in [0.1, 0.15) is 73.5 Å². The zero-order valence-corrected chi connectivity index (χ0v) is 23.9. The third kappa shape index (κ3) is 7.90. The molecule has 4 rings (SSSR count). The van der Waals surface area contributed by atoms with Gasteiger partial charge in [0, 0.05) is 18.0 Å². The Morgan fingerprint density at radius 1 is 1.18 bits per heavy atom. The van der Waals surface area contributed by atoms with E-state index in [1.807, 2.05) is 0 Å². The molecule has 0 aromatic carbocycles. The van der Waals surface area contributed by atoms with Crippen LogP contribution in [0.3, 0.4) is 0 Å². The topological polar surface area (TPSA) is 196 Å². The fourth-order valence-electron chi connectivity index (χ4n) is 4.57. The largest absolute Gasteiger partial charge is 0.481 e. The third-order valence-corrected chi connectivity index (χ3v) is 6.59. The molecule has 3 aromatic rings. The molecule has 3 aromatic heterocycles. The molecule has 0 saturated heterocycles. The number of nitrogens with zero attached hydrogens (tertiary/aromatic N) is 5. The van der Waals surface area contributed by atoms with Crippen molar-refractivity contribution in [3.05, 3.63) is 42.2 Å². The molecule has 0 bridgehead atoms. The molecule has 1 fully saturated rings. The molecular weight excluding hydrogens is 591 g/mol. The monoisotopic (exact) mass is 621 g/mol. The van der Waals surface area contributed by atoms with E-state index in [0.717, 1.165) is 18.5 Å². The molecule has 0 aliphatic heterocycles. The summed E-state index contributed by atoms with van der Waals surface area (Å²) in [5, 5.41) is 15.9. The average molecular weight is 622 g/mol. The van der Waals surface area contributed by atoms with E-state index in [1.54, 1.807) is 0 Å². The maximum Gasteiger partial charge on any atom is 0.416 e. The number of oxazole rings is 1. The maximum atomic E-state index is 13.3. The molecule has 0 unspecified atom stereocenters. The van der Waals surface area contributed by atoms with Gasteiger partial charge in [-0.15, -0.1) is 0 Å². The Hall–Kier alpha value is -4.96. The van der Waals surface area contributed by atoms with Gasteiger partial charge in [-0.25, -0.2) is 14.8 Å². The van der Waals surface area contributed by atoms with Crippen LogP contribution in [0.2, 0.25) is 0 Å². The van der Waals surface area contributed by atoms with Crippen LogP contribution < -0.4 is 16.0 Å². The van der Waals surface area contributed by atoms with E-state index in [-0.39, 0.29) is 34.6 Å². The van der Waals surface area contributed by atoms with Gasteiger partial charge in [-0.3, -0.25) is 24.0 Å². The Morgan fingerprint density at radius 2 is 1.86 bits per heavy atom. The molecule has 14 nitrogen and oxygen atoms in total. The van der Waals surface area contributed by atoms with E-state index in [1.165, 1.54) is 37.7 Å². The number of amides is 3. The van der Waals surface area contributed by atoms with Crippen molar-refractivity contribution in [2.45, 2.75) is 64.3 Å². The molecule has 236 valence electrons. The number of alkyl halides is 3. The van der Waals surface area contributed by atoms with Crippen LogP contribution in [0.15, 0.2) is 35.2 Å². The number of nitrogens with two attached hydrogens (primary N) is 1. The summed E-state index contributed by atoms with van der Waals surface area (Å²) in [6.07, 6.45) is -0.627. The molecule has 0 spiro atoms. The van der Waals surface area contributed by atoms with Crippen LogP contribution in [0.25, 0.3) is 11.5 Å². The Bertz CT molecular complexity index is 1550. The lowest BCUT2D eigenvalue weighted by Gasteiger charge is -2.27. The highest BCUT2D eigenvalue weighted by Crippen LogP contribution is 2.33. The van der Waals surface area contributed by atoms with Crippen molar-refractivity contribution in [1.29, 1.82) is 0 Å². The second-order valence-corrected chi connectivity index (χ2v) is 11.2. The van der Waals surface area contributed by atoms with Crippen molar-refractivity contribution in [3.63, 3.8) is 0 Å². The van der Waals surface area contributed by atoms with Gasteiger partial charge in [0.1, 0.15) is 24.2 Å².